The maximum absolute atomic E-state index is 12.1. The molecule has 2 rings (SSSR count). The molecule has 1 fully saturated rings. The summed E-state index contributed by atoms with van der Waals surface area (Å²) in [6.07, 6.45) is 6.49. The molecule has 1 heterocycles. The van der Waals surface area contributed by atoms with E-state index < -0.39 is 17.5 Å². The lowest BCUT2D eigenvalue weighted by molar-refractivity contribution is 0.306. The fourth-order valence-corrected chi connectivity index (χ4v) is 1.65. The first-order valence-corrected chi connectivity index (χ1v) is 5.64. The number of nitrogens with zero attached hydrogens (tertiary/aromatic N) is 3. The van der Waals surface area contributed by atoms with Crippen LogP contribution in [0.5, 0.6) is 5.88 Å². The lowest BCUT2D eigenvalue weighted by Crippen LogP contribution is -2.50. The molecule has 0 bridgehead atoms. The van der Waals surface area contributed by atoms with E-state index in [1.807, 2.05) is 0 Å². The van der Waals surface area contributed by atoms with Crippen molar-refractivity contribution in [1.82, 2.24) is 9.97 Å². The molecule has 0 saturated heterocycles. The minimum absolute atomic E-state index is 0.321. The number of aromatic nitrogens is 2. The first kappa shape index (κ1) is 14.3. The number of nitriles is 1. The largest absolute Gasteiger partial charge is 0.491 e. The van der Waals surface area contributed by atoms with Gasteiger partial charge < -0.3 is 16.6 Å². The third-order valence-corrected chi connectivity index (χ3v) is 2.61. The monoisotopic (exact) mass is 253 g/mol. The number of hydrogen-bond donors (Lipinski definition) is 3. The van der Waals surface area contributed by atoms with Gasteiger partial charge in [0, 0.05) is 0 Å². The van der Waals surface area contributed by atoms with E-state index in [0.717, 1.165) is 19.0 Å². The molecular formula is C11H16FN5O. The van der Waals surface area contributed by atoms with E-state index in [4.69, 9.17) is 21.8 Å². The Labute approximate surface area is 104 Å². The molecule has 0 spiro atoms. The summed E-state index contributed by atoms with van der Waals surface area (Å²) in [5, 5.41) is 16.8. The Morgan fingerprint density at radius 3 is 2.33 bits per heavy atom. The Morgan fingerprint density at radius 1 is 1.33 bits per heavy atom. The summed E-state index contributed by atoms with van der Waals surface area (Å²) in [5.74, 6) is -1.43. The van der Waals surface area contributed by atoms with E-state index in [-0.39, 0.29) is 5.66 Å². The molecule has 0 unspecified atom stereocenters. The molecule has 1 aromatic rings. The van der Waals surface area contributed by atoms with Crippen molar-refractivity contribution < 1.29 is 9.50 Å². The van der Waals surface area contributed by atoms with Gasteiger partial charge in [-0.15, -0.1) is 0 Å². The van der Waals surface area contributed by atoms with Gasteiger partial charge in [-0.25, -0.2) is 9.97 Å². The highest BCUT2D eigenvalue weighted by Crippen LogP contribution is 2.20. The number of nitrogens with two attached hydrogens (primary N) is 2. The number of hydrogen-bond acceptors (Lipinski definition) is 6. The summed E-state index contributed by atoms with van der Waals surface area (Å²) in [7, 11) is 0. The van der Waals surface area contributed by atoms with E-state index in [0.29, 0.717) is 0 Å². The highest BCUT2D eigenvalue weighted by molar-refractivity contribution is 5.28. The second-order valence-electron chi connectivity index (χ2n) is 4.27. The molecule has 0 aromatic carbocycles. The molecule has 1 saturated carbocycles. The predicted molar refractivity (Wildman–Crippen MR) is 62.6 cm³/mol. The van der Waals surface area contributed by atoms with Crippen LogP contribution in [0.2, 0.25) is 0 Å². The van der Waals surface area contributed by atoms with Gasteiger partial charge in [0.1, 0.15) is 6.07 Å². The molecule has 18 heavy (non-hydrogen) atoms. The van der Waals surface area contributed by atoms with Gasteiger partial charge in [0.25, 0.3) is 0 Å². The van der Waals surface area contributed by atoms with Crippen molar-refractivity contribution in [2.24, 2.45) is 11.5 Å². The van der Waals surface area contributed by atoms with E-state index in [1.54, 1.807) is 0 Å². The second-order valence-corrected chi connectivity index (χ2v) is 4.27. The van der Waals surface area contributed by atoms with Gasteiger partial charge in [-0.05, 0) is 12.8 Å². The molecule has 5 N–H and O–H groups in total. The number of aromatic hydroxyl groups is 1. The van der Waals surface area contributed by atoms with Crippen LogP contribution in [0.4, 0.5) is 4.39 Å². The standard InChI is InChI=1S/C6H14N2.C5H2FN3O/c7-6(8)4-2-1-3-5-6;6-4-2-8-5(10)3(1-7)9-4/h1-5,7-8H2;2H,(H,8,10). The van der Waals surface area contributed by atoms with E-state index >= 15 is 0 Å². The molecule has 0 radical (unpaired) electrons. The first-order valence-electron chi connectivity index (χ1n) is 5.64. The van der Waals surface area contributed by atoms with Gasteiger partial charge in [0.05, 0.1) is 11.9 Å². The van der Waals surface area contributed by atoms with Crippen molar-refractivity contribution in [2.75, 3.05) is 0 Å². The highest BCUT2D eigenvalue weighted by atomic mass is 19.1. The topological polar surface area (TPSA) is 122 Å². The molecule has 1 aromatic heterocycles. The summed E-state index contributed by atoms with van der Waals surface area (Å²) in [6, 6.07) is 1.47. The normalized spacial score (nSPS) is 17.2. The lowest BCUT2D eigenvalue weighted by atomic mass is 9.91. The first-order chi connectivity index (χ1) is 8.44. The van der Waals surface area contributed by atoms with Crippen LogP contribution in [-0.4, -0.2) is 20.7 Å². The average molecular weight is 253 g/mol. The molecule has 6 nitrogen and oxygen atoms in total. The minimum atomic E-state index is -0.880. The minimum Gasteiger partial charge on any atom is -0.491 e. The molecular weight excluding hydrogens is 237 g/mol. The molecule has 98 valence electrons. The van der Waals surface area contributed by atoms with Gasteiger partial charge >= 0.3 is 0 Å². The van der Waals surface area contributed by atoms with Gasteiger partial charge in [0.2, 0.25) is 17.5 Å². The Kier molecular flexibility index (Phi) is 4.95. The molecule has 0 atom stereocenters. The van der Waals surface area contributed by atoms with Crippen LogP contribution in [-0.2, 0) is 0 Å². The summed E-state index contributed by atoms with van der Waals surface area (Å²) in [5.41, 5.74) is 10.6. The van der Waals surface area contributed by atoms with Crippen LogP contribution in [0.1, 0.15) is 37.8 Å². The SMILES string of the molecule is N#Cc1nc(F)cnc1O.NC1(N)CCCCC1. The summed E-state index contributed by atoms with van der Waals surface area (Å²) in [4.78, 5) is 6.20. The van der Waals surface area contributed by atoms with Crippen molar-refractivity contribution in [2.45, 2.75) is 37.8 Å². The van der Waals surface area contributed by atoms with Gasteiger partial charge in [-0.3, -0.25) is 0 Å². The van der Waals surface area contributed by atoms with E-state index in [9.17, 15) is 4.39 Å². The van der Waals surface area contributed by atoms with Crippen molar-refractivity contribution in [3.05, 3.63) is 17.8 Å². The maximum atomic E-state index is 12.1. The lowest BCUT2D eigenvalue weighted by Gasteiger charge is -2.28. The van der Waals surface area contributed by atoms with Gasteiger partial charge in [0.15, 0.2) is 0 Å². The fraction of sp³-hybridized carbons (Fsp3) is 0.545. The third kappa shape index (κ3) is 4.61. The summed E-state index contributed by atoms with van der Waals surface area (Å²) < 4.78 is 12.1. The zero-order valence-corrected chi connectivity index (χ0v) is 9.93. The highest BCUT2D eigenvalue weighted by Gasteiger charge is 2.21. The third-order valence-electron chi connectivity index (χ3n) is 2.61. The Balaban J connectivity index is 0.000000184. The van der Waals surface area contributed by atoms with Crippen molar-refractivity contribution in [3.63, 3.8) is 0 Å². The Hall–Kier alpha value is -1.78. The number of halogens is 1. The number of rotatable bonds is 0. The van der Waals surface area contributed by atoms with Crippen molar-refractivity contribution in [1.29, 1.82) is 5.26 Å². The van der Waals surface area contributed by atoms with Crippen molar-refractivity contribution >= 4 is 0 Å². The van der Waals surface area contributed by atoms with Crippen LogP contribution >= 0.6 is 0 Å². The Bertz CT molecular complexity index is 436. The second kappa shape index (κ2) is 6.23. The molecule has 1 aliphatic carbocycles. The zero-order chi connectivity index (χ0) is 13.6. The average Bonchev–Trinajstić information content (AvgIpc) is 2.33. The summed E-state index contributed by atoms with van der Waals surface area (Å²) in [6.45, 7) is 0. The smallest absolute Gasteiger partial charge is 0.248 e. The predicted octanol–water partition coefficient (Wildman–Crippen LogP) is 0.757. The summed E-state index contributed by atoms with van der Waals surface area (Å²) >= 11 is 0. The van der Waals surface area contributed by atoms with Crippen LogP contribution in [0.25, 0.3) is 0 Å². The zero-order valence-electron chi connectivity index (χ0n) is 9.93. The molecule has 1 aliphatic rings. The molecule has 0 amide bonds. The quantitative estimate of drug-likeness (QED) is 0.587. The van der Waals surface area contributed by atoms with Crippen molar-refractivity contribution in [3.8, 4) is 11.9 Å². The van der Waals surface area contributed by atoms with E-state index in [1.165, 1.54) is 25.3 Å². The van der Waals surface area contributed by atoms with Gasteiger partial charge in [-0.2, -0.15) is 9.65 Å². The molecule has 0 aliphatic heterocycles. The maximum Gasteiger partial charge on any atom is 0.248 e. The van der Waals surface area contributed by atoms with Crippen LogP contribution in [0, 0.1) is 17.3 Å². The van der Waals surface area contributed by atoms with Gasteiger partial charge in [-0.1, -0.05) is 19.3 Å². The molecule has 7 heteroatoms. The van der Waals surface area contributed by atoms with Crippen LogP contribution < -0.4 is 11.5 Å². The van der Waals surface area contributed by atoms with E-state index in [2.05, 4.69) is 9.97 Å². The fourth-order valence-electron chi connectivity index (χ4n) is 1.65. The van der Waals surface area contributed by atoms with Crippen LogP contribution in [0.15, 0.2) is 6.20 Å². The van der Waals surface area contributed by atoms with Crippen LogP contribution in [0.3, 0.4) is 0 Å². The Morgan fingerprint density at radius 2 is 1.94 bits per heavy atom.